The van der Waals surface area contributed by atoms with Crippen LogP contribution in [0.25, 0.3) is 5.82 Å². The summed E-state index contributed by atoms with van der Waals surface area (Å²) in [5, 5.41) is 10.1. The molecule has 0 aromatic carbocycles. The zero-order chi connectivity index (χ0) is 17.6. The summed E-state index contributed by atoms with van der Waals surface area (Å²) >= 11 is 0. The summed E-state index contributed by atoms with van der Waals surface area (Å²) in [5.41, 5.74) is 0.690. The number of hydrogen-bond acceptors (Lipinski definition) is 7. The number of carbonyl (C=O) groups excluding carboxylic acids is 1. The van der Waals surface area contributed by atoms with E-state index in [2.05, 4.69) is 30.1 Å². The van der Waals surface area contributed by atoms with Gasteiger partial charge in [-0.15, -0.1) is 0 Å². The van der Waals surface area contributed by atoms with Crippen molar-refractivity contribution in [2.24, 2.45) is 0 Å². The molecular weight excluding hydrogens is 324 g/mol. The second kappa shape index (κ2) is 7.39. The highest BCUT2D eigenvalue weighted by atomic mass is 16.4. The zero-order valence-corrected chi connectivity index (χ0v) is 13.5. The fraction of sp³-hybridized carbons (Fsp3) is 0.188. The number of rotatable bonds is 6. The van der Waals surface area contributed by atoms with Crippen molar-refractivity contribution in [1.29, 1.82) is 0 Å². The minimum absolute atomic E-state index is 0.290. The van der Waals surface area contributed by atoms with E-state index >= 15 is 0 Å². The van der Waals surface area contributed by atoms with Crippen LogP contribution in [0.3, 0.4) is 0 Å². The van der Waals surface area contributed by atoms with Crippen LogP contribution < -0.4 is 16.3 Å². The maximum Gasteiger partial charge on any atom is 0.335 e. The lowest BCUT2D eigenvalue weighted by Gasteiger charge is -2.08. The molecule has 0 aliphatic heterocycles. The molecule has 9 nitrogen and oxygen atoms in total. The molecule has 3 heterocycles. The van der Waals surface area contributed by atoms with Crippen LogP contribution >= 0.6 is 0 Å². The summed E-state index contributed by atoms with van der Waals surface area (Å²) in [6, 6.07) is 6.26. The van der Waals surface area contributed by atoms with Crippen LogP contribution in [0.15, 0.2) is 52.3 Å². The van der Waals surface area contributed by atoms with Crippen molar-refractivity contribution >= 4 is 11.7 Å². The molecule has 128 valence electrons. The lowest BCUT2D eigenvalue weighted by molar-refractivity contribution is 0.0952. The number of anilines is 1. The Morgan fingerprint density at radius 2 is 2.12 bits per heavy atom. The van der Waals surface area contributed by atoms with Crippen molar-refractivity contribution in [3.8, 4) is 5.82 Å². The number of aryl methyl sites for hydroxylation is 1. The van der Waals surface area contributed by atoms with Gasteiger partial charge in [0.15, 0.2) is 5.82 Å². The molecule has 2 N–H and O–H groups in total. The monoisotopic (exact) mass is 340 g/mol. The van der Waals surface area contributed by atoms with E-state index < -0.39 is 5.63 Å². The number of carbonyl (C=O) groups is 1. The molecular formula is C16H16N6O3. The van der Waals surface area contributed by atoms with E-state index in [4.69, 9.17) is 0 Å². The Morgan fingerprint density at radius 3 is 2.84 bits per heavy atom. The SMILES string of the molecule is Cc1ccn(-c2cc(NCCNC(=O)c3ccc(=O)oc3)ncn2)n1. The predicted molar refractivity (Wildman–Crippen MR) is 89.7 cm³/mol. The van der Waals surface area contributed by atoms with Crippen LogP contribution in [0.1, 0.15) is 16.1 Å². The quantitative estimate of drug-likeness (QED) is 0.637. The molecule has 3 aromatic heterocycles. The van der Waals surface area contributed by atoms with Gasteiger partial charge in [0.1, 0.15) is 18.4 Å². The first-order valence-electron chi connectivity index (χ1n) is 7.57. The average molecular weight is 340 g/mol. The van der Waals surface area contributed by atoms with Crippen molar-refractivity contribution in [3.63, 3.8) is 0 Å². The number of amides is 1. The van der Waals surface area contributed by atoms with E-state index in [1.807, 2.05) is 19.2 Å². The molecule has 0 radical (unpaired) electrons. The van der Waals surface area contributed by atoms with Gasteiger partial charge in [0.05, 0.1) is 11.3 Å². The first-order chi connectivity index (χ1) is 12.1. The largest absolute Gasteiger partial charge is 0.430 e. The van der Waals surface area contributed by atoms with Gasteiger partial charge < -0.3 is 15.1 Å². The Hall–Kier alpha value is -3.49. The van der Waals surface area contributed by atoms with Crippen LogP contribution in [-0.2, 0) is 0 Å². The molecule has 3 rings (SSSR count). The van der Waals surface area contributed by atoms with E-state index in [1.165, 1.54) is 18.5 Å². The Labute approximate surface area is 142 Å². The van der Waals surface area contributed by atoms with Crippen molar-refractivity contribution in [2.45, 2.75) is 6.92 Å². The number of hydrogen-bond donors (Lipinski definition) is 2. The molecule has 0 spiro atoms. The normalized spacial score (nSPS) is 10.4. The number of aromatic nitrogens is 4. The van der Waals surface area contributed by atoms with E-state index in [9.17, 15) is 9.59 Å². The highest BCUT2D eigenvalue weighted by molar-refractivity contribution is 5.93. The lowest BCUT2D eigenvalue weighted by atomic mass is 10.3. The molecule has 1 amide bonds. The second-order valence-corrected chi connectivity index (χ2v) is 5.19. The molecule has 0 saturated carbocycles. The summed E-state index contributed by atoms with van der Waals surface area (Å²) in [6.07, 6.45) is 4.40. The van der Waals surface area contributed by atoms with Crippen LogP contribution in [0.2, 0.25) is 0 Å². The molecule has 0 unspecified atom stereocenters. The Morgan fingerprint density at radius 1 is 1.24 bits per heavy atom. The fourth-order valence-corrected chi connectivity index (χ4v) is 2.07. The van der Waals surface area contributed by atoms with Crippen LogP contribution in [0.5, 0.6) is 0 Å². The third kappa shape index (κ3) is 4.28. The molecule has 9 heteroatoms. The zero-order valence-electron chi connectivity index (χ0n) is 13.5. The predicted octanol–water partition coefficient (Wildman–Crippen LogP) is 0.766. The van der Waals surface area contributed by atoms with Gasteiger partial charge in [0, 0.05) is 31.4 Å². The van der Waals surface area contributed by atoms with Gasteiger partial charge in [-0.05, 0) is 19.1 Å². The second-order valence-electron chi connectivity index (χ2n) is 5.19. The molecule has 0 aliphatic rings. The summed E-state index contributed by atoms with van der Waals surface area (Å²) in [4.78, 5) is 31.0. The van der Waals surface area contributed by atoms with Crippen LogP contribution in [0.4, 0.5) is 5.82 Å². The topological polar surface area (TPSA) is 115 Å². The maximum atomic E-state index is 11.9. The van der Waals surface area contributed by atoms with Gasteiger partial charge in [-0.3, -0.25) is 4.79 Å². The first-order valence-corrected chi connectivity index (χ1v) is 7.57. The summed E-state index contributed by atoms with van der Waals surface area (Å²) in [7, 11) is 0. The first kappa shape index (κ1) is 16.4. The molecule has 0 fully saturated rings. The third-order valence-electron chi connectivity index (χ3n) is 3.29. The Bertz CT molecular complexity index is 913. The molecule has 25 heavy (non-hydrogen) atoms. The third-order valence-corrected chi connectivity index (χ3v) is 3.29. The van der Waals surface area contributed by atoms with Crippen molar-refractivity contribution < 1.29 is 9.21 Å². The van der Waals surface area contributed by atoms with E-state index in [0.29, 0.717) is 24.7 Å². The van der Waals surface area contributed by atoms with E-state index in [0.717, 1.165) is 12.0 Å². The minimum atomic E-state index is -0.495. The molecule has 0 bridgehead atoms. The Balaban J connectivity index is 1.51. The standard InChI is InChI=1S/C16H16N6O3/c1-11-4-7-22(21-11)14-8-13(19-10-20-14)17-5-6-18-16(24)12-2-3-15(23)25-9-12/h2-4,7-10H,5-6H2,1H3,(H,18,24)(H,17,19,20). The van der Waals surface area contributed by atoms with Gasteiger partial charge in [0.25, 0.3) is 5.91 Å². The van der Waals surface area contributed by atoms with Gasteiger partial charge in [-0.25, -0.2) is 19.4 Å². The fourth-order valence-electron chi connectivity index (χ4n) is 2.07. The smallest absolute Gasteiger partial charge is 0.335 e. The molecule has 0 aliphatic carbocycles. The van der Waals surface area contributed by atoms with Gasteiger partial charge in [-0.2, -0.15) is 5.10 Å². The van der Waals surface area contributed by atoms with Crippen LogP contribution in [-0.4, -0.2) is 38.7 Å². The minimum Gasteiger partial charge on any atom is -0.430 e. The average Bonchev–Trinajstić information content (AvgIpc) is 3.06. The van der Waals surface area contributed by atoms with E-state index in [-0.39, 0.29) is 11.5 Å². The van der Waals surface area contributed by atoms with Gasteiger partial charge >= 0.3 is 5.63 Å². The Kier molecular flexibility index (Phi) is 4.84. The van der Waals surface area contributed by atoms with Crippen molar-refractivity contribution in [2.75, 3.05) is 18.4 Å². The van der Waals surface area contributed by atoms with Crippen LogP contribution in [0, 0.1) is 6.92 Å². The number of nitrogens with zero attached hydrogens (tertiary/aromatic N) is 4. The number of nitrogens with one attached hydrogen (secondary N) is 2. The van der Waals surface area contributed by atoms with Crippen molar-refractivity contribution in [3.05, 3.63) is 64.7 Å². The highest BCUT2D eigenvalue weighted by Gasteiger charge is 2.06. The van der Waals surface area contributed by atoms with Gasteiger partial charge in [0.2, 0.25) is 0 Å². The lowest BCUT2D eigenvalue weighted by Crippen LogP contribution is -2.29. The van der Waals surface area contributed by atoms with Crippen molar-refractivity contribution in [1.82, 2.24) is 25.1 Å². The molecule has 0 saturated heterocycles. The summed E-state index contributed by atoms with van der Waals surface area (Å²) in [5.74, 6) is 0.952. The molecule has 0 atom stereocenters. The summed E-state index contributed by atoms with van der Waals surface area (Å²) in [6.45, 7) is 2.74. The highest BCUT2D eigenvalue weighted by Crippen LogP contribution is 2.08. The van der Waals surface area contributed by atoms with Gasteiger partial charge in [-0.1, -0.05) is 0 Å². The summed E-state index contributed by atoms with van der Waals surface area (Å²) < 4.78 is 6.31. The maximum absolute atomic E-state index is 11.9. The van der Waals surface area contributed by atoms with E-state index in [1.54, 1.807) is 10.7 Å². The molecule has 3 aromatic rings.